The second-order valence-electron chi connectivity index (χ2n) is 4.78. The van der Waals surface area contributed by atoms with Crippen LogP contribution in [0.15, 0.2) is 5.38 Å². The topological polar surface area (TPSA) is 46.2 Å². The highest BCUT2D eigenvalue weighted by atomic mass is 32.1. The Bertz CT molecular complexity index is 349. The Morgan fingerprint density at radius 3 is 2.94 bits per heavy atom. The van der Waals surface area contributed by atoms with Crippen molar-refractivity contribution < 1.29 is 4.74 Å². The summed E-state index contributed by atoms with van der Waals surface area (Å²) in [7, 11) is 0. The Hall–Kier alpha value is -0.490. The van der Waals surface area contributed by atoms with Crippen LogP contribution in [-0.4, -0.2) is 43.4 Å². The molecule has 1 fully saturated rings. The van der Waals surface area contributed by atoms with E-state index in [0.29, 0.717) is 0 Å². The molecule has 0 spiro atoms. The highest BCUT2D eigenvalue weighted by Crippen LogP contribution is 2.14. The highest BCUT2D eigenvalue weighted by Gasteiger charge is 2.31. The molecule has 2 rings (SSSR count). The molecule has 2 N–H and O–H groups in total. The zero-order valence-electron chi connectivity index (χ0n) is 10.6. The van der Waals surface area contributed by atoms with Gasteiger partial charge < -0.3 is 15.4 Å². The predicted octanol–water partition coefficient (Wildman–Crippen LogP) is 0.962. The fourth-order valence-corrected chi connectivity index (χ4v) is 2.56. The molecule has 5 heteroatoms. The maximum Gasteiger partial charge on any atom is 0.0940 e. The van der Waals surface area contributed by atoms with E-state index in [0.717, 1.165) is 44.9 Å². The van der Waals surface area contributed by atoms with Gasteiger partial charge in [0.15, 0.2) is 0 Å². The van der Waals surface area contributed by atoms with E-state index in [1.54, 1.807) is 11.3 Å². The first-order chi connectivity index (χ1) is 8.18. The number of thiazole rings is 1. The van der Waals surface area contributed by atoms with Crippen LogP contribution in [0, 0.1) is 6.92 Å². The van der Waals surface area contributed by atoms with Crippen LogP contribution in [0.5, 0.6) is 0 Å². The lowest BCUT2D eigenvalue weighted by Crippen LogP contribution is -2.59. The molecular formula is C12H21N3OS. The molecule has 0 radical (unpaired) electrons. The molecule has 0 amide bonds. The van der Waals surface area contributed by atoms with E-state index >= 15 is 0 Å². The summed E-state index contributed by atoms with van der Waals surface area (Å²) in [6, 6.07) is 0. The van der Waals surface area contributed by atoms with E-state index in [2.05, 4.69) is 27.9 Å². The molecule has 4 nitrogen and oxygen atoms in total. The Morgan fingerprint density at radius 2 is 2.35 bits per heavy atom. The molecule has 17 heavy (non-hydrogen) atoms. The van der Waals surface area contributed by atoms with Crippen molar-refractivity contribution in [3.05, 3.63) is 16.1 Å². The van der Waals surface area contributed by atoms with Crippen LogP contribution in [0.25, 0.3) is 0 Å². The second kappa shape index (κ2) is 5.91. The smallest absolute Gasteiger partial charge is 0.0940 e. The van der Waals surface area contributed by atoms with E-state index in [9.17, 15) is 0 Å². The Balaban J connectivity index is 1.49. The molecule has 1 saturated heterocycles. The van der Waals surface area contributed by atoms with E-state index in [4.69, 9.17) is 4.74 Å². The Labute approximate surface area is 107 Å². The molecule has 0 bridgehead atoms. The van der Waals surface area contributed by atoms with Crippen LogP contribution in [0.4, 0.5) is 0 Å². The summed E-state index contributed by atoms with van der Waals surface area (Å²) < 4.78 is 5.78. The van der Waals surface area contributed by atoms with Crippen molar-refractivity contribution in [3.63, 3.8) is 0 Å². The van der Waals surface area contributed by atoms with Crippen LogP contribution < -0.4 is 10.6 Å². The number of nitrogens with zero attached hydrogens (tertiary/aromatic N) is 1. The Kier molecular flexibility index (Phi) is 4.50. The highest BCUT2D eigenvalue weighted by molar-refractivity contribution is 7.09. The molecule has 96 valence electrons. The fourth-order valence-electron chi connectivity index (χ4n) is 1.79. The van der Waals surface area contributed by atoms with Gasteiger partial charge in [0, 0.05) is 43.7 Å². The lowest BCUT2D eigenvalue weighted by Gasteiger charge is -2.39. The van der Waals surface area contributed by atoms with Gasteiger partial charge in [0.25, 0.3) is 0 Å². The van der Waals surface area contributed by atoms with Gasteiger partial charge in [-0.2, -0.15) is 0 Å². The van der Waals surface area contributed by atoms with Crippen molar-refractivity contribution in [1.82, 2.24) is 15.6 Å². The summed E-state index contributed by atoms with van der Waals surface area (Å²) in [5, 5.41) is 9.92. The first-order valence-corrected chi connectivity index (χ1v) is 7.02. The SMILES string of the molecule is Cc1csc(CCNCCOC2(C)CNC2)n1. The van der Waals surface area contributed by atoms with Gasteiger partial charge in [0.2, 0.25) is 0 Å². The first-order valence-electron chi connectivity index (χ1n) is 6.14. The molecule has 0 unspecified atom stereocenters. The third-order valence-corrected chi connectivity index (χ3v) is 3.94. The minimum absolute atomic E-state index is 0.0775. The van der Waals surface area contributed by atoms with Crippen molar-refractivity contribution in [2.75, 3.05) is 32.8 Å². The molecule has 1 aliphatic rings. The summed E-state index contributed by atoms with van der Waals surface area (Å²) in [5.41, 5.74) is 1.20. The van der Waals surface area contributed by atoms with Gasteiger partial charge in [-0.05, 0) is 13.8 Å². The number of ether oxygens (including phenoxy) is 1. The number of hydrogen-bond donors (Lipinski definition) is 2. The summed E-state index contributed by atoms with van der Waals surface area (Å²) in [6.07, 6.45) is 1.01. The molecular weight excluding hydrogens is 234 g/mol. The van der Waals surface area contributed by atoms with Crippen LogP contribution >= 0.6 is 11.3 Å². The maximum atomic E-state index is 5.78. The van der Waals surface area contributed by atoms with Gasteiger partial charge >= 0.3 is 0 Å². The maximum absolute atomic E-state index is 5.78. The summed E-state index contributed by atoms with van der Waals surface area (Å²) in [5.74, 6) is 0. The first kappa shape index (κ1) is 13.0. The van der Waals surface area contributed by atoms with Crippen LogP contribution in [-0.2, 0) is 11.2 Å². The summed E-state index contributed by atoms with van der Waals surface area (Å²) >= 11 is 1.74. The molecule has 2 heterocycles. The van der Waals surface area contributed by atoms with Crippen LogP contribution in [0.2, 0.25) is 0 Å². The molecule has 0 aromatic carbocycles. The molecule has 0 saturated carbocycles. The van der Waals surface area contributed by atoms with Crippen LogP contribution in [0.3, 0.4) is 0 Å². The summed E-state index contributed by atoms with van der Waals surface area (Å²) in [4.78, 5) is 4.43. The molecule has 0 atom stereocenters. The van der Waals surface area contributed by atoms with E-state index in [1.807, 2.05) is 6.92 Å². The zero-order valence-corrected chi connectivity index (χ0v) is 11.4. The average molecular weight is 255 g/mol. The minimum Gasteiger partial charge on any atom is -0.371 e. The molecule has 0 aliphatic carbocycles. The number of aryl methyl sites for hydroxylation is 1. The zero-order chi connectivity index (χ0) is 12.1. The molecule has 1 aromatic heterocycles. The number of aromatic nitrogens is 1. The Morgan fingerprint density at radius 1 is 1.53 bits per heavy atom. The third kappa shape index (κ3) is 4.03. The van der Waals surface area contributed by atoms with Gasteiger partial charge in [-0.25, -0.2) is 4.98 Å². The third-order valence-electron chi connectivity index (χ3n) is 2.91. The van der Waals surface area contributed by atoms with Crippen molar-refractivity contribution in [2.45, 2.75) is 25.9 Å². The van der Waals surface area contributed by atoms with Crippen molar-refractivity contribution in [2.24, 2.45) is 0 Å². The van der Waals surface area contributed by atoms with Gasteiger partial charge in [-0.1, -0.05) is 0 Å². The molecule has 1 aliphatic heterocycles. The number of rotatable bonds is 7. The normalized spacial score (nSPS) is 18.0. The van der Waals surface area contributed by atoms with Crippen molar-refractivity contribution in [1.29, 1.82) is 0 Å². The average Bonchev–Trinajstić information content (AvgIpc) is 2.67. The van der Waals surface area contributed by atoms with Gasteiger partial charge in [-0.15, -0.1) is 11.3 Å². The van der Waals surface area contributed by atoms with E-state index in [1.165, 1.54) is 5.01 Å². The monoisotopic (exact) mass is 255 g/mol. The van der Waals surface area contributed by atoms with Crippen molar-refractivity contribution in [3.8, 4) is 0 Å². The van der Waals surface area contributed by atoms with E-state index < -0.39 is 0 Å². The van der Waals surface area contributed by atoms with Gasteiger partial charge in [0.1, 0.15) is 0 Å². The second-order valence-corrected chi connectivity index (χ2v) is 5.73. The van der Waals surface area contributed by atoms with Gasteiger partial charge in [0.05, 0.1) is 17.2 Å². The lowest BCUT2D eigenvalue weighted by molar-refractivity contribution is -0.0647. The molecule has 1 aromatic rings. The van der Waals surface area contributed by atoms with Gasteiger partial charge in [-0.3, -0.25) is 0 Å². The predicted molar refractivity (Wildman–Crippen MR) is 70.7 cm³/mol. The van der Waals surface area contributed by atoms with Crippen molar-refractivity contribution >= 4 is 11.3 Å². The number of nitrogens with one attached hydrogen (secondary N) is 2. The quantitative estimate of drug-likeness (QED) is 0.713. The summed E-state index contributed by atoms with van der Waals surface area (Å²) in [6.45, 7) is 8.83. The van der Waals surface area contributed by atoms with E-state index in [-0.39, 0.29) is 5.60 Å². The van der Waals surface area contributed by atoms with Crippen LogP contribution in [0.1, 0.15) is 17.6 Å². The number of hydrogen-bond acceptors (Lipinski definition) is 5. The largest absolute Gasteiger partial charge is 0.371 e. The standard InChI is InChI=1S/C12H21N3OS/c1-10-7-17-11(15-10)3-4-13-5-6-16-12(2)8-14-9-12/h7,13-14H,3-6,8-9H2,1-2H3. The lowest BCUT2D eigenvalue weighted by atomic mass is 10.0. The minimum atomic E-state index is 0.0775. The fraction of sp³-hybridized carbons (Fsp3) is 0.750.